The summed E-state index contributed by atoms with van der Waals surface area (Å²) in [7, 11) is 1.01. The molecular formula is C17H25N3O3S. The molecule has 132 valence electrons. The summed E-state index contributed by atoms with van der Waals surface area (Å²) in [6.45, 7) is 0. The number of carbonyl (C=O) groups is 1. The number of amides is 1. The van der Waals surface area contributed by atoms with Crippen LogP contribution < -0.4 is 10.6 Å². The van der Waals surface area contributed by atoms with E-state index in [1.165, 1.54) is 39.4 Å². The van der Waals surface area contributed by atoms with E-state index in [9.17, 15) is 13.2 Å². The van der Waals surface area contributed by atoms with Gasteiger partial charge in [0.25, 0.3) is 5.91 Å². The Morgan fingerprint density at radius 3 is 2.50 bits per heavy atom. The van der Waals surface area contributed by atoms with Crippen LogP contribution in [0.5, 0.6) is 0 Å². The minimum absolute atomic E-state index is 0.121. The Kier molecular flexibility index (Phi) is 4.57. The molecule has 0 heterocycles. The maximum Gasteiger partial charge on any atom is 0.251 e. The Morgan fingerprint density at radius 2 is 1.96 bits per heavy atom. The van der Waals surface area contributed by atoms with Crippen LogP contribution in [-0.4, -0.2) is 45.8 Å². The Hall–Kier alpha value is -1.60. The molecule has 2 aliphatic rings. The number of sulfonamides is 1. The zero-order valence-corrected chi connectivity index (χ0v) is 15.2. The number of nitrogens with zero attached hydrogens (tertiary/aromatic N) is 1. The van der Waals surface area contributed by atoms with Crippen molar-refractivity contribution in [3.05, 3.63) is 23.8 Å². The third kappa shape index (κ3) is 3.02. The van der Waals surface area contributed by atoms with Crippen LogP contribution in [0, 0.1) is 11.8 Å². The second kappa shape index (κ2) is 6.37. The van der Waals surface area contributed by atoms with Gasteiger partial charge in [-0.25, -0.2) is 12.7 Å². The largest absolute Gasteiger partial charge is 0.387 e. The van der Waals surface area contributed by atoms with Crippen molar-refractivity contribution in [1.82, 2.24) is 9.62 Å². The lowest BCUT2D eigenvalue weighted by molar-refractivity contribution is 0.0922. The van der Waals surface area contributed by atoms with Gasteiger partial charge in [0.05, 0.1) is 5.69 Å². The minimum atomic E-state index is -3.62. The number of fused-ring (bicyclic) bond motifs is 2. The number of nitrogens with one attached hydrogen (secondary N) is 2. The Bertz CT molecular complexity index is 745. The number of anilines is 1. The van der Waals surface area contributed by atoms with Gasteiger partial charge in [-0.05, 0) is 49.3 Å². The summed E-state index contributed by atoms with van der Waals surface area (Å²) in [5.41, 5.74) is 0.873. The summed E-state index contributed by atoms with van der Waals surface area (Å²) < 4.78 is 26.1. The molecule has 2 N–H and O–H groups in total. The third-order valence-corrected chi connectivity index (χ3v) is 7.18. The summed E-state index contributed by atoms with van der Waals surface area (Å²) in [5.74, 6) is 1.14. The Balaban J connectivity index is 1.84. The predicted molar refractivity (Wildman–Crippen MR) is 93.6 cm³/mol. The molecule has 2 bridgehead atoms. The first-order valence-corrected chi connectivity index (χ1v) is 9.82. The van der Waals surface area contributed by atoms with E-state index in [0.717, 1.165) is 16.6 Å². The molecule has 24 heavy (non-hydrogen) atoms. The van der Waals surface area contributed by atoms with Crippen LogP contribution in [0.3, 0.4) is 0 Å². The molecular weight excluding hydrogens is 326 g/mol. The van der Waals surface area contributed by atoms with Crippen molar-refractivity contribution in [3.8, 4) is 0 Å². The van der Waals surface area contributed by atoms with E-state index in [1.54, 1.807) is 19.2 Å². The highest BCUT2D eigenvalue weighted by Gasteiger charge is 2.40. The van der Waals surface area contributed by atoms with Gasteiger partial charge >= 0.3 is 0 Å². The minimum Gasteiger partial charge on any atom is -0.387 e. The summed E-state index contributed by atoms with van der Waals surface area (Å²) in [4.78, 5) is 12.7. The molecule has 6 nitrogen and oxygen atoms in total. The van der Waals surface area contributed by atoms with Crippen LogP contribution in [0.2, 0.25) is 0 Å². The third-order valence-electron chi connectivity index (χ3n) is 5.33. The second-order valence-electron chi connectivity index (χ2n) is 7.00. The van der Waals surface area contributed by atoms with Crippen LogP contribution >= 0.6 is 0 Å². The molecule has 3 rings (SSSR count). The lowest BCUT2D eigenvalue weighted by Gasteiger charge is -2.23. The second-order valence-corrected chi connectivity index (χ2v) is 9.12. The lowest BCUT2D eigenvalue weighted by Crippen LogP contribution is -2.38. The van der Waals surface area contributed by atoms with E-state index in [1.807, 2.05) is 0 Å². The first kappa shape index (κ1) is 17.2. The molecule has 1 amide bonds. The highest BCUT2D eigenvalue weighted by Crippen LogP contribution is 2.44. The van der Waals surface area contributed by atoms with Crippen molar-refractivity contribution in [2.45, 2.75) is 36.6 Å². The van der Waals surface area contributed by atoms with Gasteiger partial charge in [0.1, 0.15) is 4.90 Å². The fourth-order valence-corrected chi connectivity index (χ4v) is 5.07. The highest BCUT2D eigenvalue weighted by molar-refractivity contribution is 7.89. The van der Waals surface area contributed by atoms with Gasteiger partial charge in [0.2, 0.25) is 10.0 Å². The molecule has 0 spiro atoms. The molecule has 0 aromatic heterocycles. The monoisotopic (exact) mass is 351 g/mol. The number of hydrogen-bond donors (Lipinski definition) is 2. The Labute approximate surface area is 143 Å². The number of carbonyl (C=O) groups excluding carboxylic acids is 1. The molecule has 0 saturated heterocycles. The summed E-state index contributed by atoms with van der Waals surface area (Å²) in [6.07, 6.45) is 4.73. The van der Waals surface area contributed by atoms with Gasteiger partial charge in [-0.1, -0.05) is 6.42 Å². The topological polar surface area (TPSA) is 78.5 Å². The van der Waals surface area contributed by atoms with Crippen LogP contribution in [0.25, 0.3) is 0 Å². The first-order chi connectivity index (χ1) is 11.3. The fourth-order valence-electron chi connectivity index (χ4n) is 3.95. The van der Waals surface area contributed by atoms with Crippen molar-refractivity contribution in [2.24, 2.45) is 11.8 Å². The summed E-state index contributed by atoms with van der Waals surface area (Å²) >= 11 is 0. The number of hydrogen-bond acceptors (Lipinski definition) is 4. The fraction of sp³-hybridized carbons (Fsp3) is 0.588. The van der Waals surface area contributed by atoms with Crippen LogP contribution in [-0.2, 0) is 10.0 Å². The SMILES string of the molecule is CNc1ccc(C(=O)NC2CC3CCC2C3)cc1S(=O)(=O)N(C)C. The van der Waals surface area contributed by atoms with Crippen molar-refractivity contribution >= 4 is 21.6 Å². The maximum absolute atomic E-state index is 12.6. The van der Waals surface area contributed by atoms with Gasteiger partial charge in [0.15, 0.2) is 0 Å². The van der Waals surface area contributed by atoms with Crippen molar-refractivity contribution < 1.29 is 13.2 Å². The number of rotatable bonds is 5. The molecule has 0 radical (unpaired) electrons. The van der Waals surface area contributed by atoms with E-state index >= 15 is 0 Å². The molecule has 2 fully saturated rings. The van der Waals surface area contributed by atoms with Crippen LogP contribution in [0.4, 0.5) is 5.69 Å². The van der Waals surface area contributed by atoms with E-state index in [2.05, 4.69) is 10.6 Å². The molecule has 1 aromatic carbocycles. The van der Waals surface area contributed by atoms with Crippen LogP contribution in [0.1, 0.15) is 36.0 Å². The van der Waals surface area contributed by atoms with Crippen LogP contribution in [0.15, 0.2) is 23.1 Å². The Morgan fingerprint density at radius 1 is 1.21 bits per heavy atom. The first-order valence-electron chi connectivity index (χ1n) is 8.38. The molecule has 2 aliphatic carbocycles. The molecule has 2 saturated carbocycles. The van der Waals surface area contributed by atoms with E-state index in [-0.39, 0.29) is 16.8 Å². The van der Waals surface area contributed by atoms with E-state index in [0.29, 0.717) is 17.2 Å². The quantitative estimate of drug-likeness (QED) is 0.849. The van der Waals surface area contributed by atoms with Crippen molar-refractivity contribution in [1.29, 1.82) is 0 Å². The smallest absolute Gasteiger partial charge is 0.251 e. The average molecular weight is 351 g/mol. The summed E-state index contributed by atoms with van der Waals surface area (Å²) in [6, 6.07) is 5.01. The molecule has 3 atom stereocenters. The highest BCUT2D eigenvalue weighted by atomic mass is 32.2. The predicted octanol–water partition coefficient (Wildman–Crippen LogP) is 1.90. The van der Waals surface area contributed by atoms with Gasteiger partial charge in [-0.3, -0.25) is 4.79 Å². The lowest BCUT2D eigenvalue weighted by atomic mass is 9.95. The molecule has 7 heteroatoms. The molecule has 3 unspecified atom stereocenters. The van der Waals surface area contributed by atoms with Gasteiger partial charge in [-0.15, -0.1) is 0 Å². The van der Waals surface area contributed by atoms with Crippen molar-refractivity contribution in [3.63, 3.8) is 0 Å². The number of benzene rings is 1. The molecule has 0 aliphatic heterocycles. The van der Waals surface area contributed by atoms with Gasteiger partial charge in [0, 0.05) is 32.7 Å². The molecule has 1 aromatic rings. The van der Waals surface area contributed by atoms with Crippen molar-refractivity contribution in [2.75, 3.05) is 26.5 Å². The zero-order valence-electron chi connectivity index (χ0n) is 14.4. The maximum atomic E-state index is 12.6. The zero-order chi connectivity index (χ0) is 17.5. The van der Waals surface area contributed by atoms with Gasteiger partial charge < -0.3 is 10.6 Å². The summed E-state index contributed by atoms with van der Waals surface area (Å²) in [5, 5.41) is 5.98. The normalized spacial score (nSPS) is 25.9. The van der Waals surface area contributed by atoms with Gasteiger partial charge in [-0.2, -0.15) is 0 Å². The average Bonchev–Trinajstić information content (AvgIpc) is 3.16. The van der Waals surface area contributed by atoms with E-state index in [4.69, 9.17) is 0 Å². The standard InChI is InChI=1S/C17H25N3O3S/c1-18-14-7-6-13(10-16(14)24(22,23)20(2)3)17(21)19-15-9-11-4-5-12(15)8-11/h6-7,10-12,15,18H,4-5,8-9H2,1-3H3,(H,19,21). The van der Waals surface area contributed by atoms with E-state index < -0.39 is 10.0 Å².